The molecule has 1 aliphatic carbocycles. The zero-order valence-electron chi connectivity index (χ0n) is 16.4. The number of amides is 2. The third-order valence-corrected chi connectivity index (χ3v) is 5.45. The van der Waals surface area contributed by atoms with E-state index in [1.54, 1.807) is 36.0 Å². The van der Waals surface area contributed by atoms with Gasteiger partial charge in [-0.3, -0.25) is 9.59 Å². The highest BCUT2D eigenvalue weighted by Gasteiger charge is 2.24. The van der Waals surface area contributed by atoms with Gasteiger partial charge in [-0.15, -0.1) is 0 Å². The molecule has 6 nitrogen and oxygen atoms in total. The maximum absolute atomic E-state index is 12.4. The van der Waals surface area contributed by atoms with Crippen molar-refractivity contribution in [3.8, 4) is 0 Å². The van der Waals surface area contributed by atoms with E-state index in [2.05, 4.69) is 10.6 Å². The lowest BCUT2D eigenvalue weighted by Gasteiger charge is -2.19. The Morgan fingerprint density at radius 2 is 1.79 bits per heavy atom. The minimum absolute atomic E-state index is 0.166. The van der Waals surface area contributed by atoms with Crippen LogP contribution in [0.4, 0.5) is 0 Å². The molecule has 2 N–H and O–H groups in total. The van der Waals surface area contributed by atoms with Gasteiger partial charge >= 0.3 is 5.97 Å². The first-order valence-corrected chi connectivity index (χ1v) is 11.3. The minimum atomic E-state index is -0.772. The fourth-order valence-corrected chi connectivity index (χ4v) is 3.72. The van der Waals surface area contributed by atoms with Crippen molar-refractivity contribution in [2.75, 3.05) is 18.6 Å². The second kappa shape index (κ2) is 12.4. The molecule has 1 saturated carbocycles. The van der Waals surface area contributed by atoms with Crippen LogP contribution in [0.3, 0.4) is 0 Å². The highest BCUT2D eigenvalue weighted by molar-refractivity contribution is 7.98. The van der Waals surface area contributed by atoms with Crippen molar-refractivity contribution in [1.82, 2.24) is 10.6 Å². The zero-order valence-corrected chi connectivity index (χ0v) is 17.3. The maximum Gasteiger partial charge on any atom is 0.329 e. The summed E-state index contributed by atoms with van der Waals surface area (Å²) in [6, 6.07) is 8.12. The van der Waals surface area contributed by atoms with Crippen LogP contribution in [0, 0.1) is 0 Å². The second-order valence-electron chi connectivity index (χ2n) is 7.04. The molecule has 2 amide bonds. The Kier molecular flexibility index (Phi) is 9.90. The molecule has 2 rings (SSSR count). The number of esters is 1. The molecular weight excluding hydrogens is 376 g/mol. The number of hydrogen-bond donors (Lipinski definition) is 2. The first-order valence-electron chi connectivity index (χ1n) is 9.91. The monoisotopic (exact) mass is 406 g/mol. The molecule has 1 atom stereocenters. The highest BCUT2D eigenvalue weighted by Crippen LogP contribution is 2.17. The van der Waals surface area contributed by atoms with Crippen LogP contribution in [0.2, 0.25) is 0 Å². The summed E-state index contributed by atoms with van der Waals surface area (Å²) in [4.78, 5) is 36.9. The molecule has 1 fully saturated rings. The molecule has 0 radical (unpaired) electrons. The molecule has 0 bridgehead atoms. The minimum Gasteiger partial charge on any atom is -0.454 e. The van der Waals surface area contributed by atoms with Gasteiger partial charge in [0.25, 0.3) is 11.8 Å². The van der Waals surface area contributed by atoms with Crippen LogP contribution in [0.25, 0.3) is 0 Å². The van der Waals surface area contributed by atoms with Crippen molar-refractivity contribution in [3.05, 3.63) is 35.9 Å². The van der Waals surface area contributed by atoms with Crippen molar-refractivity contribution in [2.45, 2.75) is 57.0 Å². The van der Waals surface area contributed by atoms with Gasteiger partial charge < -0.3 is 15.4 Å². The molecule has 0 heterocycles. The van der Waals surface area contributed by atoms with E-state index in [-0.39, 0.29) is 24.5 Å². The van der Waals surface area contributed by atoms with Crippen LogP contribution in [0.5, 0.6) is 0 Å². The van der Waals surface area contributed by atoms with Gasteiger partial charge in [-0.05, 0) is 43.4 Å². The number of carbonyl (C=O) groups excluding carboxylic acids is 3. The van der Waals surface area contributed by atoms with Gasteiger partial charge in [-0.1, -0.05) is 43.9 Å². The number of carbonyl (C=O) groups is 3. The lowest BCUT2D eigenvalue weighted by Crippen LogP contribution is -2.44. The van der Waals surface area contributed by atoms with Crippen molar-refractivity contribution in [1.29, 1.82) is 0 Å². The van der Waals surface area contributed by atoms with Crippen LogP contribution in [-0.4, -0.2) is 48.5 Å². The van der Waals surface area contributed by atoms with E-state index in [0.29, 0.717) is 17.7 Å². The van der Waals surface area contributed by atoms with E-state index in [0.717, 1.165) is 25.7 Å². The summed E-state index contributed by atoms with van der Waals surface area (Å²) in [5.41, 5.74) is 0.482. The Labute approximate surface area is 171 Å². The number of ether oxygens (including phenoxy) is 1. The molecule has 154 valence electrons. The molecule has 28 heavy (non-hydrogen) atoms. The summed E-state index contributed by atoms with van der Waals surface area (Å²) in [5.74, 6) is -0.484. The first-order chi connectivity index (χ1) is 13.6. The molecule has 0 spiro atoms. The Morgan fingerprint density at radius 3 is 2.43 bits per heavy atom. The fourth-order valence-electron chi connectivity index (χ4n) is 3.25. The summed E-state index contributed by atoms with van der Waals surface area (Å²) in [6.07, 6.45) is 8.98. The SMILES string of the molecule is CSCC[C@@H](NC(=O)c1ccccc1)C(=O)OCC(=O)NC1CCCCCC1. The Balaban J connectivity index is 1.83. The molecule has 0 unspecified atom stereocenters. The van der Waals surface area contributed by atoms with E-state index in [9.17, 15) is 14.4 Å². The Morgan fingerprint density at radius 1 is 1.11 bits per heavy atom. The molecule has 1 aliphatic rings. The number of nitrogens with one attached hydrogen (secondary N) is 2. The maximum atomic E-state index is 12.4. The normalized spacial score (nSPS) is 15.9. The molecular formula is C21H30N2O4S. The smallest absolute Gasteiger partial charge is 0.329 e. The number of thioether (sulfide) groups is 1. The number of hydrogen-bond acceptors (Lipinski definition) is 5. The second-order valence-corrected chi connectivity index (χ2v) is 8.02. The average molecular weight is 407 g/mol. The first kappa shape index (κ1) is 22.3. The summed E-state index contributed by atoms with van der Waals surface area (Å²) in [6.45, 7) is -0.313. The summed E-state index contributed by atoms with van der Waals surface area (Å²) in [7, 11) is 0. The third-order valence-electron chi connectivity index (χ3n) is 4.80. The number of rotatable bonds is 9. The fraction of sp³-hybridized carbons (Fsp3) is 0.571. The van der Waals surface area contributed by atoms with Gasteiger partial charge in [-0.25, -0.2) is 4.79 Å². The van der Waals surface area contributed by atoms with E-state index < -0.39 is 12.0 Å². The van der Waals surface area contributed by atoms with Gasteiger partial charge in [0.2, 0.25) is 0 Å². The van der Waals surface area contributed by atoms with Crippen LogP contribution < -0.4 is 10.6 Å². The third kappa shape index (κ3) is 7.92. The van der Waals surface area contributed by atoms with E-state index in [1.165, 1.54) is 12.8 Å². The molecule has 1 aromatic carbocycles. The topological polar surface area (TPSA) is 84.5 Å². The van der Waals surface area contributed by atoms with Crippen molar-refractivity contribution < 1.29 is 19.1 Å². The standard InChI is InChI=1S/C21H30N2O4S/c1-28-14-13-18(23-20(25)16-9-5-4-6-10-16)21(26)27-15-19(24)22-17-11-7-2-3-8-12-17/h4-6,9-10,17-18H,2-3,7-8,11-15H2,1H3,(H,22,24)(H,23,25)/t18-/m1/s1. The Bertz CT molecular complexity index is 631. The van der Waals surface area contributed by atoms with Crippen molar-refractivity contribution >= 4 is 29.5 Å². The molecule has 0 saturated heterocycles. The van der Waals surface area contributed by atoms with Gasteiger partial charge in [0.05, 0.1) is 0 Å². The number of benzene rings is 1. The summed E-state index contributed by atoms with van der Waals surface area (Å²) >= 11 is 1.58. The lowest BCUT2D eigenvalue weighted by molar-refractivity contribution is -0.150. The molecule has 7 heteroatoms. The summed E-state index contributed by atoms with van der Waals surface area (Å²) in [5, 5.41) is 5.68. The quantitative estimate of drug-likeness (QED) is 0.487. The Hall–Kier alpha value is -2.02. The highest BCUT2D eigenvalue weighted by atomic mass is 32.2. The van der Waals surface area contributed by atoms with Crippen molar-refractivity contribution in [3.63, 3.8) is 0 Å². The molecule has 0 aromatic heterocycles. The van der Waals surface area contributed by atoms with E-state index >= 15 is 0 Å². The van der Waals surface area contributed by atoms with Gasteiger partial charge in [0.1, 0.15) is 6.04 Å². The lowest BCUT2D eigenvalue weighted by atomic mass is 10.1. The predicted octanol–water partition coefficient (Wildman–Crippen LogP) is 2.92. The van der Waals surface area contributed by atoms with Crippen LogP contribution in [0.15, 0.2) is 30.3 Å². The van der Waals surface area contributed by atoms with Crippen LogP contribution in [0.1, 0.15) is 55.3 Å². The van der Waals surface area contributed by atoms with Gasteiger partial charge in [-0.2, -0.15) is 11.8 Å². The average Bonchev–Trinajstić information content (AvgIpc) is 2.98. The van der Waals surface area contributed by atoms with Gasteiger partial charge in [0.15, 0.2) is 6.61 Å². The van der Waals surface area contributed by atoms with Crippen LogP contribution in [-0.2, 0) is 14.3 Å². The van der Waals surface area contributed by atoms with Gasteiger partial charge in [0, 0.05) is 11.6 Å². The van der Waals surface area contributed by atoms with Crippen molar-refractivity contribution in [2.24, 2.45) is 0 Å². The molecule has 1 aromatic rings. The predicted molar refractivity (Wildman–Crippen MR) is 111 cm³/mol. The zero-order chi connectivity index (χ0) is 20.2. The largest absolute Gasteiger partial charge is 0.454 e. The summed E-state index contributed by atoms with van der Waals surface area (Å²) < 4.78 is 5.20. The van der Waals surface area contributed by atoms with E-state index in [1.807, 2.05) is 12.3 Å². The van der Waals surface area contributed by atoms with Crippen LogP contribution >= 0.6 is 11.8 Å². The molecule has 0 aliphatic heterocycles. The van der Waals surface area contributed by atoms with E-state index in [4.69, 9.17) is 4.74 Å².